The van der Waals surface area contributed by atoms with E-state index in [9.17, 15) is 14.4 Å². The van der Waals surface area contributed by atoms with Gasteiger partial charge in [0.05, 0.1) is 0 Å². The summed E-state index contributed by atoms with van der Waals surface area (Å²) in [4.78, 5) is 35.9. The van der Waals surface area contributed by atoms with E-state index in [1.54, 1.807) is 36.4 Å². The van der Waals surface area contributed by atoms with E-state index < -0.39 is 11.8 Å². The summed E-state index contributed by atoms with van der Waals surface area (Å²) >= 11 is 0. The summed E-state index contributed by atoms with van der Waals surface area (Å²) in [7, 11) is 0. The quantitative estimate of drug-likeness (QED) is 0.501. The molecule has 0 atom stereocenters. The minimum Gasteiger partial charge on any atom is -0.484 e. The van der Waals surface area contributed by atoms with Crippen LogP contribution in [0.5, 0.6) is 5.75 Å². The van der Waals surface area contributed by atoms with Crippen LogP contribution in [0.25, 0.3) is 11.1 Å². The van der Waals surface area contributed by atoms with Gasteiger partial charge >= 0.3 is 0 Å². The number of carbonyl (C=O) groups is 3. The molecule has 1 fully saturated rings. The summed E-state index contributed by atoms with van der Waals surface area (Å²) in [6.07, 6.45) is 1.85. The van der Waals surface area contributed by atoms with E-state index in [1.165, 1.54) is 0 Å². The molecule has 4 rings (SSSR count). The summed E-state index contributed by atoms with van der Waals surface area (Å²) in [5.41, 5.74) is 7.80. The third-order valence-electron chi connectivity index (χ3n) is 5.01. The third-order valence-corrected chi connectivity index (χ3v) is 5.01. The van der Waals surface area contributed by atoms with Gasteiger partial charge in [0.15, 0.2) is 6.61 Å². The molecule has 0 bridgehead atoms. The summed E-state index contributed by atoms with van der Waals surface area (Å²) in [5.74, 6) is -0.291. The number of rotatable bonds is 7. The first kappa shape index (κ1) is 21.1. The number of hydrogen-bond donors (Lipinski definition) is 3. The average molecular weight is 429 g/mol. The molecule has 0 radical (unpaired) electrons. The molecule has 3 amide bonds. The fourth-order valence-electron chi connectivity index (χ4n) is 3.05. The van der Waals surface area contributed by atoms with Gasteiger partial charge in [0.1, 0.15) is 5.75 Å². The highest BCUT2D eigenvalue weighted by Crippen LogP contribution is 2.30. The number of anilines is 1. The van der Waals surface area contributed by atoms with Crippen molar-refractivity contribution in [3.63, 3.8) is 0 Å². The summed E-state index contributed by atoms with van der Waals surface area (Å²) < 4.78 is 5.47. The van der Waals surface area contributed by atoms with Gasteiger partial charge in [-0.15, -0.1) is 0 Å². The maximum Gasteiger partial charge on any atom is 0.276 e. The van der Waals surface area contributed by atoms with Crippen molar-refractivity contribution < 1.29 is 19.1 Å². The van der Waals surface area contributed by atoms with Crippen molar-refractivity contribution in [2.75, 3.05) is 11.9 Å². The Morgan fingerprint density at radius 2 is 1.44 bits per heavy atom. The molecular formula is C25H23N3O4. The molecular weight excluding hydrogens is 406 g/mol. The summed E-state index contributed by atoms with van der Waals surface area (Å²) in [6, 6.07) is 23.8. The minimum absolute atomic E-state index is 0.00386. The Hall–Kier alpha value is -4.13. The molecule has 1 saturated carbocycles. The van der Waals surface area contributed by atoms with Gasteiger partial charge < -0.3 is 10.1 Å². The zero-order valence-electron chi connectivity index (χ0n) is 17.3. The third kappa shape index (κ3) is 5.72. The molecule has 32 heavy (non-hydrogen) atoms. The topological polar surface area (TPSA) is 96.5 Å². The van der Waals surface area contributed by atoms with Crippen molar-refractivity contribution in [3.05, 3.63) is 84.4 Å². The van der Waals surface area contributed by atoms with Crippen molar-refractivity contribution in [1.29, 1.82) is 0 Å². The van der Waals surface area contributed by atoms with Crippen LogP contribution >= 0.6 is 0 Å². The van der Waals surface area contributed by atoms with Crippen LogP contribution in [0.1, 0.15) is 23.2 Å². The number of hydrazine groups is 1. The number of ether oxygens (including phenoxy) is 1. The molecule has 1 aliphatic carbocycles. The Morgan fingerprint density at radius 1 is 0.781 bits per heavy atom. The molecule has 0 saturated heterocycles. The van der Waals surface area contributed by atoms with E-state index in [2.05, 4.69) is 16.2 Å². The monoisotopic (exact) mass is 429 g/mol. The van der Waals surface area contributed by atoms with Crippen LogP contribution in [-0.2, 0) is 9.59 Å². The van der Waals surface area contributed by atoms with E-state index in [0.717, 1.165) is 24.0 Å². The number of hydrogen-bond acceptors (Lipinski definition) is 4. The van der Waals surface area contributed by atoms with Crippen LogP contribution < -0.4 is 20.9 Å². The Kier molecular flexibility index (Phi) is 6.46. The highest BCUT2D eigenvalue weighted by Gasteiger charge is 2.29. The van der Waals surface area contributed by atoms with Gasteiger partial charge in [-0.05, 0) is 60.4 Å². The van der Waals surface area contributed by atoms with Gasteiger partial charge in [-0.3, -0.25) is 25.2 Å². The lowest BCUT2D eigenvalue weighted by atomic mass is 10.1. The number of benzene rings is 3. The van der Waals surface area contributed by atoms with Gasteiger partial charge in [0, 0.05) is 17.2 Å². The fraction of sp³-hybridized carbons (Fsp3) is 0.160. The van der Waals surface area contributed by atoms with Crippen molar-refractivity contribution in [3.8, 4) is 16.9 Å². The second-order valence-corrected chi connectivity index (χ2v) is 7.52. The van der Waals surface area contributed by atoms with Gasteiger partial charge in [0.2, 0.25) is 5.91 Å². The molecule has 3 aromatic carbocycles. The first-order valence-corrected chi connectivity index (χ1v) is 10.4. The second-order valence-electron chi connectivity index (χ2n) is 7.52. The van der Waals surface area contributed by atoms with E-state index in [1.807, 2.05) is 42.5 Å². The smallest absolute Gasteiger partial charge is 0.276 e. The fourth-order valence-corrected chi connectivity index (χ4v) is 3.05. The Bertz CT molecular complexity index is 1090. The van der Waals surface area contributed by atoms with Crippen molar-refractivity contribution in [2.24, 2.45) is 5.92 Å². The lowest BCUT2D eigenvalue weighted by Crippen LogP contribution is -2.43. The standard InChI is InChI=1S/C25H23N3O4/c29-23(16-32-22-14-10-18(11-15-22)17-4-2-1-3-5-17)27-28-25(31)20-8-12-21(13-9-20)26-24(30)19-6-7-19/h1-5,8-15,19H,6-7,16H2,(H,26,30)(H,27,29)(H,28,31). The molecule has 0 unspecified atom stereocenters. The Labute approximate surface area is 185 Å². The van der Waals surface area contributed by atoms with Crippen molar-refractivity contribution >= 4 is 23.4 Å². The maximum absolute atomic E-state index is 12.2. The van der Waals surface area contributed by atoms with E-state index in [-0.39, 0.29) is 18.4 Å². The van der Waals surface area contributed by atoms with Crippen molar-refractivity contribution in [1.82, 2.24) is 10.9 Å². The molecule has 0 aromatic heterocycles. The maximum atomic E-state index is 12.2. The van der Waals surface area contributed by atoms with Crippen LogP contribution in [0.3, 0.4) is 0 Å². The molecule has 3 N–H and O–H groups in total. The predicted octanol–water partition coefficient (Wildman–Crippen LogP) is 3.54. The molecule has 0 spiro atoms. The van der Waals surface area contributed by atoms with Gasteiger partial charge in [0.25, 0.3) is 11.8 Å². The second kappa shape index (κ2) is 9.78. The predicted molar refractivity (Wildman–Crippen MR) is 121 cm³/mol. The van der Waals surface area contributed by atoms with Crippen LogP contribution in [0.2, 0.25) is 0 Å². The first-order chi connectivity index (χ1) is 15.6. The largest absolute Gasteiger partial charge is 0.484 e. The van der Waals surface area contributed by atoms with E-state index >= 15 is 0 Å². The minimum atomic E-state index is -0.487. The van der Waals surface area contributed by atoms with Crippen LogP contribution in [0, 0.1) is 5.92 Å². The van der Waals surface area contributed by atoms with Crippen LogP contribution in [0.4, 0.5) is 5.69 Å². The lowest BCUT2D eigenvalue weighted by molar-refractivity contribution is -0.123. The molecule has 162 valence electrons. The highest BCUT2D eigenvalue weighted by molar-refractivity contribution is 5.97. The lowest BCUT2D eigenvalue weighted by Gasteiger charge is -2.10. The van der Waals surface area contributed by atoms with Gasteiger partial charge in [-0.1, -0.05) is 42.5 Å². The van der Waals surface area contributed by atoms with Crippen molar-refractivity contribution in [2.45, 2.75) is 12.8 Å². The molecule has 1 aliphatic rings. The first-order valence-electron chi connectivity index (χ1n) is 10.4. The zero-order chi connectivity index (χ0) is 22.3. The Morgan fingerprint density at radius 3 is 2.09 bits per heavy atom. The number of carbonyl (C=O) groups excluding carboxylic acids is 3. The average Bonchev–Trinajstić information content (AvgIpc) is 3.68. The molecule has 3 aromatic rings. The van der Waals surface area contributed by atoms with Crippen LogP contribution in [0.15, 0.2) is 78.9 Å². The molecule has 7 heteroatoms. The summed E-state index contributed by atoms with van der Waals surface area (Å²) in [5, 5.41) is 2.81. The van der Waals surface area contributed by atoms with E-state index in [0.29, 0.717) is 17.0 Å². The summed E-state index contributed by atoms with van der Waals surface area (Å²) in [6.45, 7) is -0.239. The number of amides is 3. The van der Waals surface area contributed by atoms with E-state index in [4.69, 9.17) is 4.74 Å². The molecule has 0 heterocycles. The SMILES string of the molecule is O=C(COc1ccc(-c2ccccc2)cc1)NNC(=O)c1ccc(NC(=O)C2CC2)cc1. The van der Waals surface area contributed by atoms with Gasteiger partial charge in [-0.2, -0.15) is 0 Å². The molecule has 7 nitrogen and oxygen atoms in total. The number of nitrogens with one attached hydrogen (secondary N) is 3. The highest BCUT2D eigenvalue weighted by atomic mass is 16.5. The van der Waals surface area contributed by atoms with Gasteiger partial charge in [-0.25, -0.2) is 0 Å². The molecule has 0 aliphatic heterocycles. The normalized spacial score (nSPS) is 12.5. The zero-order valence-corrected chi connectivity index (χ0v) is 17.3. The van der Waals surface area contributed by atoms with Crippen LogP contribution in [-0.4, -0.2) is 24.3 Å². The Balaban J connectivity index is 1.20.